The Balaban J connectivity index is 1.16. The first-order valence-corrected chi connectivity index (χ1v) is 12.3. The molecule has 9 nitrogen and oxygen atoms in total. The fourth-order valence-electron chi connectivity index (χ4n) is 3.74. The van der Waals surface area contributed by atoms with Crippen molar-refractivity contribution in [2.45, 2.75) is 30.6 Å². The first-order valence-electron chi connectivity index (χ1n) is 10.9. The Hall–Kier alpha value is -2.85. The van der Waals surface area contributed by atoms with Crippen molar-refractivity contribution in [2.24, 2.45) is 0 Å². The number of aromatic nitrogens is 5. The third-order valence-corrected chi connectivity index (χ3v) is 6.87. The monoisotopic (exact) mass is 485 g/mol. The van der Waals surface area contributed by atoms with Crippen LogP contribution in [0.3, 0.4) is 0 Å². The molecule has 1 aliphatic carbocycles. The minimum absolute atomic E-state index is 0.104. The number of amides is 1. The number of hydrogen-bond donors (Lipinski definition) is 0. The Labute approximate surface area is 201 Å². The van der Waals surface area contributed by atoms with Crippen molar-refractivity contribution in [3.63, 3.8) is 0 Å². The number of piperazine rings is 1. The van der Waals surface area contributed by atoms with Crippen LogP contribution in [0.1, 0.15) is 24.7 Å². The molecule has 172 valence electrons. The number of anilines is 1. The summed E-state index contributed by atoms with van der Waals surface area (Å²) in [7, 11) is 0. The molecule has 0 unspecified atom stereocenters. The van der Waals surface area contributed by atoms with Crippen molar-refractivity contribution < 1.29 is 9.53 Å². The van der Waals surface area contributed by atoms with Crippen LogP contribution >= 0.6 is 23.4 Å². The van der Waals surface area contributed by atoms with Gasteiger partial charge in [0, 0.05) is 44.6 Å². The molecule has 0 radical (unpaired) electrons. The Morgan fingerprint density at radius 2 is 1.82 bits per heavy atom. The van der Waals surface area contributed by atoms with Crippen LogP contribution in [-0.4, -0.2) is 67.5 Å². The van der Waals surface area contributed by atoms with E-state index in [9.17, 15) is 4.79 Å². The standard InChI is InChI=1S/C22H24ClN7O2S/c23-17-4-1-2-5-18(17)32-14-19-26-27-22(30(19)16-6-7-16)33-15-20(31)28-10-12-29(13-11-28)21-24-8-3-9-25-21/h1-5,8-9,16H,6-7,10-15H2. The lowest BCUT2D eigenvalue weighted by Gasteiger charge is -2.34. The van der Waals surface area contributed by atoms with Gasteiger partial charge in [-0.15, -0.1) is 10.2 Å². The number of carbonyl (C=O) groups excluding carboxylic acids is 1. The fraction of sp³-hybridized carbons (Fsp3) is 0.409. The third kappa shape index (κ3) is 5.22. The summed E-state index contributed by atoms with van der Waals surface area (Å²) in [4.78, 5) is 25.4. The number of carbonyl (C=O) groups is 1. The van der Waals surface area contributed by atoms with Gasteiger partial charge in [-0.05, 0) is 31.0 Å². The van der Waals surface area contributed by atoms with Gasteiger partial charge in [-0.2, -0.15) is 0 Å². The van der Waals surface area contributed by atoms with Gasteiger partial charge in [0.05, 0.1) is 10.8 Å². The summed E-state index contributed by atoms with van der Waals surface area (Å²) in [6.07, 6.45) is 5.64. The van der Waals surface area contributed by atoms with Crippen molar-refractivity contribution >= 4 is 35.2 Å². The Morgan fingerprint density at radius 3 is 2.55 bits per heavy atom. The van der Waals surface area contributed by atoms with Gasteiger partial charge in [0.15, 0.2) is 11.0 Å². The second-order valence-electron chi connectivity index (χ2n) is 7.92. The Morgan fingerprint density at radius 1 is 1.06 bits per heavy atom. The van der Waals surface area contributed by atoms with Crippen molar-refractivity contribution in [3.05, 3.63) is 53.6 Å². The fourth-order valence-corrected chi connectivity index (χ4v) is 4.85. The van der Waals surface area contributed by atoms with Crippen LogP contribution in [0.5, 0.6) is 5.75 Å². The molecule has 2 aromatic heterocycles. The average Bonchev–Trinajstić information content (AvgIpc) is 3.62. The van der Waals surface area contributed by atoms with Gasteiger partial charge in [-0.1, -0.05) is 35.5 Å². The van der Waals surface area contributed by atoms with Gasteiger partial charge in [-0.25, -0.2) is 9.97 Å². The molecule has 0 atom stereocenters. The normalized spacial score (nSPS) is 16.2. The number of ether oxygens (including phenoxy) is 1. The molecule has 33 heavy (non-hydrogen) atoms. The van der Waals surface area contributed by atoms with E-state index in [0.29, 0.717) is 41.6 Å². The molecule has 0 N–H and O–H groups in total. The van der Waals surface area contributed by atoms with E-state index in [2.05, 4.69) is 29.6 Å². The molecule has 3 heterocycles. The van der Waals surface area contributed by atoms with Crippen molar-refractivity contribution in [1.29, 1.82) is 0 Å². The molecule has 3 aromatic rings. The maximum Gasteiger partial charge on any atom is 0.233 e. The van der Waals surface area contributed by atoms with Crippen molar-refractivity contribution in [1.82, 2.24) is 29.6 Å². The highest BCUT2D eigenvalue weighted by molar-refractivity contribution is 7.99. The number of para-hydroxylation sites is 1. The predicted octanol–water partition coefficient (Wildman–Crippen LogP) is 3.08. The summed E-state index contributed by atoms with van der Waals surface area (Å²) in [5.41, 5.74) is 0. The van der Waals surface area contributed by atoms with Crippen LogP contribution in [0, 0.1) is 0 Å². The lowest BCUT2D eigenvalue weighted by molar-refractivity contribution is -0.128. The quantitative estimate of drug-likeness (QED) is 0.450. The third-order valence-electron chi connectivity index (χ3n) is 5.63. The number of hydrogen-bond acceptors (Lipinski definition) is 8. The highest BCUT2D eigenvalue weighted by Gasteiger charge is 2.30. The summed E-state index contributed by atoms with van der Waals surface area (Å²) in [6, 6.07) is 9.54. The van der Waals surface area contributed by atoms with Crippen LogP contribution in [0.2, 0.25) is 5.02 Å². The van der Waals surface area contributed by atoms with E-state index in [0.717, 1.165) is 36.9 Å². The Kier molecular flexibility index (Phi) is 6.63. The number of rotatable bonds is 8. The van der Waals surface area contributed by atoms with Gasteiger partial charge in [0.1, 0.15) is 12.4 Å². The molecule has 0 bridgehead atoms. The van der Waals surface area contributed by atoms with Crippen molar-refractivity contribution in [2.75, 3.05) is 36.8 Å². The highest BCUT2D eigenvalue weighted by Crippen LogP contribution is 2.39. The van der Waals surface area contributed by atoms with Gasteiger partial charge in [0.25, 0.3) is 0 Å². The first kappa shape index (κ1) is 22.0. The minimum atomic E-state index is 0.104. The zero-order valence-corrected chi connectivity index (χ0v) is 19.6. The van der Waals surface area contributed by atoms with Crippen LogP contribution in [0.15, 0.2) is 47.9 Å². The van der Waals surface area contributed by atoms with Gasteiger partial charge in [0.2, 0.25) is 11.9 Å². The number of benzene rings is 1. The van der Waals surface area contributed by atoms with Gasteiger partial charge in [-0.3, -0.25) is 9.36 Å². The summed E-state index contributed by atoms with van der Waals surface area (Å²) in [5.74, 6) is 2.52. The van der Waals surface area contributed by atoms with Crippen molar-refractivity contribution in [3.8, 4) is 5.75 Å². The van der Waals surface area contributed by atoms with Crippen LogP contribution < -0.4 is 9.64 Å². The molecule has 2 aliphatic rings. The topological polar surface area (TPSA) is 89.3 Å². The smallest absolute Gasteiger partial charge is 0.233 e. The van der Waals surface area contributed by atoms with Crippen LogP contribution in [0.4, 0.5) is 5.95 Å². The summed E-state index contributed by atoms with van der Waals surface area (Å²) < 4.78 is 7.98. The molecule has 1 saturated carbocycles. The van der Waals surface area contributed by atoms with Gasteiger partial charge < -0.3 is 14.5 Å². The van der Waals surface area contributed by atoms with E-state index in [4.69, 9.17) is 16.3 Å². The van der Waals surface area contributed by atoms with Crippen LogP contribution in [-0.2, 0) is 11.4 Å². The average molecular weight is 486 g/mol. The number of thioether (sulfide) groups is 1. The lowest BCUT2D eigenvalue weighted by atomic mass is 10.3. The lowest BCUT2D eigenvalue weighted by Crippen LogP contribution is -2.49. The van der Waals surface area contributed by atoms with E-state index < -0.39 is 0 Å². The molecule has 5 rings (SSSR count). The van der Waals surface area contributed by atoms with Gasteiger partial charge >= 0.3 is 0 Å². The van der Waals surface area contributed by atoms with E-state index in [1.165, 1.54) is 11.8 Å². The maximum absolute atomic E-state index is 12.8. The largest absolute Gasteiger partial charge is 0.484 e. The molecule has 0 spiro atoms. The predicted molar refractivity (Wildman–Crippen MR) is 126 cm³/mol. The molecule has 1 saturated heterocycles. The first-order chi connectivity index (χ1) is 16.2. The molecule has 2 fully saturated rings. The van der Waals surface area contributed by atoms with E-state index >= 15 is 0 Å². The second kappa shape index (κ2) is 9.96. The van der Waals surface area contributed by atoms with Crippen LogP contribution in [0.25, 0.3) is 0 Å². The zero-order chi connectivity index (χ0) is 22.6. The highest BCUT2D eigenvalue weighted by atomic mass is 35.5. The molecular weight excluding hydrogens is 462 g/mol. The zero-order valence-electron chi connectivity index (χ0n) is 18.0. The van der Waals surface area contributed by atoms with E-state index in [1.54, 1.807) is 24.5 Å². The molecular formula is C22H24ClN7O2S. The SMILES string of the molecule is O=C(CSc1nnc(COc2ccccc2Cl)n1C1CC1)N1CCN(c2ncccn2)CC1. The molecule has 1 aromatic carbocycles. The maximum atomic E-state index is 12.8. The number of nitrogens with zero attached hydrogens (tertiary/aromatic N) is 7. The summed E-state index contributed by atoms with van der Waals surface area (Å²) in [5, 5.41) is 10.0. The summed E-state index contributed by atoms with van der Waals surface area (Å²) >= 11 is 7.63. The number of halogens is 1. The minimum Gasteiger partial charge on any atom is -0.484 e. The molecule has 1 amide bonds. The Bertz CT molecular complexity index is 1100. The van der Waals surface area contributed by atoms with E-state index in [1.807, 2.05) is 23.1 Å². The summed E-state index contributed by atoms with van der Waals surface area (Å²) in [6.45, 7) is 3.05. The second-order valence-corrected chi connectivity index (χ2v) is 9.27. The van der Waals surface area contributed by atoms with E-state index in [-0.39, 0.29) is 12.5 Å². The molecule has 1 aliphatic heterocycles. The molecule has 11 heteroatoms.